The highest BCUT2D eigenvalue weighted by molar-refractivity contribution is 5.91. The second-order valence-electron chi connectivity index (χ2n) is 4.83. The Hall–Kier alpha value is -1.80. The fourth-order valence-corrected chi connectivity index (χ4v) is 3.03. The van der Waals surface area contributed by atoms with Crippen LogP contribution >= 0.6 is 0 Å². The van der Waals surface area contributed by atoms with Crippen molar-refractivity contribution in [2.24, 2.45) is 0 Å². The van der Waals surface area contributed by atoms with Crippen LogP contribution in [0, 0.1) is 0 Å². The SMILES string of the molecule is [Cl-].c1ccc(-c2c3ccccc3n3[n+]2CCC3)cc1. The summed E-state index contributed by atoms with van der Waals surface area (Å²) in [6.45, 7) is 2.26. The van der Waals surface area contributed by atoms with Gasteiger partial charge in [0.15, 0.2) is 6.54 Å². The summed E-state index contributed by atoms with van der Waals surface area (Å²) in [5.41, 5.74) is 4.03. The minimum absolute atomic E-state index is 0. The molecule has 96 valence electrons. The summed E-state index contributed by atoms with van der Waals surface area (Å²) in [5.74, 6) is 0. The van der Waals surface area contributed by atoms with Crippen molar-refractivity contribution in [1.82, 2.24) is 4.68 Å². The van der Waals surface area contributed by atoms with E-state index in [4.69, 9.17) is 0 Å². The van der Waals surface area contributed by atoms with Crippen molar-refractivity contribution >= 4 is 10.9 Å². The Morgan fingerprint density at radius 1 is 0.895 bits per heavy atom. The van der Waals surface area contributed by atoms with Crippen molar-refractivity contribution in [3.05, 3.63) is 54.6 Å². The van der Waals surface area contributed by atoms with E-state index >= 15 is 0 Å². The third-order valence-corrected chi connectivity index (χ3v) is 3.77. The maximum absolute atomic E-state index is 2.43. The molecule has 1 aliphatic rings. The van der Waals surface area contributed by atoms with Crippen LogP contribution in [-0.2, 0) is 13.1 Å². The molecule has 3 heteroatoms. The molecule has 0 N–H and O–H groups in total. The maximum Gasteiger partial charge on any atom is 0.246 e. The van der Waals surface area contributed by atoms with E-state index in [9.17, 15) is 0 Å². The predicted molar refractivity (Wildman–Crippen MR) is 72.2 cm³/mol. The van der Waals surface area contributed by atoms with E-state index in [-0.39, 0.29) is 12.4 Å². The zero-order chi connectivity index (χ0) is 11.9. The number of benzene rings is 2. The lowest BCUT2D eigenvalue weighted by molar-refractivity contribution is -0.745. The molecule has 2 aromatic carbocycles. The van der Waals surface area contributed by atoms with Crippen molar-refractivity contribution in [1.29, 1.82) is 0 Å². The van der Waals surface area contributed by atoms with E-state index < -0.39 is 0 Å². The van der Waals surface area contributed by atoms with Gasteiger partial charge in [-0.05, 0) is 24.3 Å². The molecule has 2 heterocycles. The molecule has 0 aliphatic carbocycles. The van der Waals surface area contributed by atoms with Crippen LogP contribution in [-0.4, -0.2) is 4.68 Å². The Morgan fingerprint density at radius 3 is 2.47 bits per heavy atom. The third kappa shape index (κ3) is 1.75. The van der Waals surface area contributed by atoms with Crippen LogP contribution in [0.1, 0.15) is 6.42 Å². The molecule has 0 saturated heterocycles. The zero-order valence-corrected chi connectivity index (χ0v) is 11.3. The van der Waals surface area contributed by atoms with Gasteiger partial charge < -0.3 is 12.4 Å². The Kier molecular flexibility index (Phi) is 3.03. The van der Waals surface area contributed by atoms with Crippen molar-refractivity contribution in [3.63, 3.8) is 0 Å². The smallest absolute Gasteiger partial charge is 0.246 e. The molecule has 0 saturated carbocycles. The van der Waals surface area contributed by atoms with Crippen LogP contribution in [0.3, 0.4) is 0 Å². The van der Waals surface area contributed by atoms with Crippen LogP contribution in [0.5, 0.6) is 0 Å². The highest BCUT2D eigenvalue weighted by atomic mass is 35.5. The Balaban J connectivity index is 0.00000110. The van der Waals surface area contributed by atoms with Gasteiger partial charge in [0.25, 0.3) is 0 Å². The second-order valence-corrected chi connectivity index (χ2v) is 4.83. The van der Waals surface area contributed by atoms with E-state index in [0.717, 1.165) is 13.1 Å². The van der Waals surface area contributed by atoms with E-state index in [1.165, 1.54) is 28.6 Å². The first kappa shape index (κ1) is 12.2. The third-order valence-electron chi connectivity index (χ3n) is 3.77. The summed E-state index contributed by atoms with van der Waals surface area (Å²) < 4.78 is 4.84. The van der Waals surface area contributed by atoms with Gasteiger partial charge >= 0.3 is 0 Å². The molecule has 4 rings (SSSR count). The highest BCUT2D eigenvalue weighted by Gasteiger charge is 2.29. The Morgan fingerprint density at radius 2 is 1.63 bits per heavy atom. The monoisotopic (exact) mass is 270 g/mol. The number of para-hydroxylation sites is 1. The van der Waals surface area contributed by atoms with Gasteiger partial charge in [0, 0.05) is 12.0 Å². The number of nitrogens with zero attached hydrogens (tertiary/aromatic N) is 2. The summed E-state index contributed by atoms with van der Waals surface area (Å²) in [4.78, 5) is 0. The Labute approximate surface area is 118 Å². The largest absolute Gasteiger partial charge is 1.00 e. The molecule has 0 bridgehead atoms. The van der Waals surface area contributed by atoms with Gasteiger partial charge in [-0.15, -0.1) is 4.68 Å². The standard InChI is InChI=1S/C16H15N2.ClH/c1-2-7-13(8-3-1)16-14-9-4-5-10-15(14)17-11-6-12-18(16)17;/h1-5,7-10H,6,11-12H2;1H/q+1;/p-1. The minimum Gasteiger partial charge on any atom is -1.00 e. The minimum atomic E-state index is 0. The molecular formula is C16H15ClN2. The van der Waals surface area contributed by atoms with Crippen molar-refractivity contribution in [2.45, 2.75) is 19.5 Å². The van der Waals surface area contributed by atoms with Crippen LogP contribution in [0.15, 0.2) is 54.6 Å². The summed E-state index contributed by atoms with van der Waals surface area (Å²) in [6.07, 6.45) is 1.24. The summed E-state index contributed by atoms with van der Waals surface area (Å²) >= 11 is 0. The number of aromatic nitrogens is 2. The molecular weight excluding hydrogens is 256 g/mol. The van der Waals surface area contributed by atoms with E-state index in [0.29, 0.717) is 0 Å². The lowest BCUT2D eigenvalue weighted by atomic mass is 10.1. The highest BCUT2D eigenvalue weighted by Crippen LogP contribution is 2.28. The fraction of sp³-hybridized carbons (Fsp3) is 0.188. The van der Waals surface area contributed by atoms with E-state index in [1.807, 2.05) is 0 Å². The molecule has 0 fully saturated rings. The zero-order valence-electron chi connectivity index (χ0n) is 10.6. The summed E-state index contributed by atoms with van der Waals surface area (Å²) in [6, 6.07) is 19.4. The molecule has 0 radical (unpaired) electrons. The van der Waals surface area contributed by atoms with Crippen molar-refractivity contribution in [2.75, 3.05) is 0 Å². The molecule has 2 nitrogen and oxygen atoms in total. The van der Waals surface area contributed by atoms with E-state index in [1.54, 1.807) is 0 Å². The summed E-state index contributed by atoms with van der Waals surface area (Å²) in [7, 11) is 0. The van der Waals surface area contributed by atoms with Crippen molar-refractivity contribution < 1.29 is 17.1 Å². The van der Waals surface area contributed by atoms with Gasteiger partial charge in [-0.1, -0.05) is 30.3 Å². The van der Waals surface area contributed by atoms with Gasteiger partial charge in [-0.2, -0.15) is 4.68 Å². The van der Waals surface area contributed by atoms with Gasteiger partial charge in [-0.25, -0.2) is 0 Å². The molecule has 0 amide bonds. The van der Waals surface area contributed by atoms with Crippen molar-refractivity contribution in [3.8, 4) is 11.3 Å². The van der Waals surface area contributed by atoms with E-state index in [2.05, 4.69) is 64.0 Å². The maximum atomic E-state index is 2.43. The topological polar surface area (TPSA) is 8.81 Å². The molecule has 0 spiro atoms. The average Bonchev–Trinajstić information content (AvgIpc) is 2.99. The van der Waals surface area contributed by atoms with Crippen LogP contribution in [0.2, 0.25) is 0 Å². The lowest BCUT2D eigenvalue weighted by Crippen LogP contribution is -3.00. The number of hydrogen-bond acceptors (Lipinski definition) is 0. The molecule has 0 atom stereocenters. The first-order chi connectivity index (χ1) is 8.95. The molecule has 1 aliphatic heterocycles. The molecule has 19 heavy (non-hydrogen) atoms. The quantitative estimate of drug-likeness (QED) is 0.551. The fourth-order valence-electron chi connectivity index (χ4n) is 3.03. The number of fused-ring (bicyclic) bond motifs is 3. The first-order valence-corrected chi connectivity index (χ1v) is 6.52. The van der Waals surface area contributed by atoms with Gasteiger partial charge in [0.1, 0.15) is 5.52 Å². The number of hydrogen-bond donors (Lipinski definition) is 0. The van der Waals surface area contributed by atoms with Crippen LogP contribution in [0.4, 0.5) is 0 Å². The number of rotatable bonds is 1. The summed E-state index contributed by atoms with van der Waals surface area (Å²) in [5, 5.41) is 1.36. The molecule has 1 aromatic heterocycles. The average molecular weight is 271 g/mol. The number of aryl methyl sites for hydroxylation is 1. The molecule has 0 unspecified atom stereocenters. The van der Waals surface area contributed by atoms with Gasteiger partial charge in [-0.3, -0.25) is 0 Å². The second kappa shape index (κ2) is 4.71. The number of halogens is 1. The lowest BCUT2D eigenvalue weighted by Gasteiger charge is -1.95. The predicted octanol–water partition coefficient (Wildman–Crippen LogP) is 0.00350. The van der Waals surface area contributed by atoms with Gasteiger partial charge in [0.2, 0.25) is 5.69 Å². The first-order valence-electron chi connectivity index (χ1n) is 6.52. The Bertz CT molecular complexity index is 716. The van der Waals surface area contributed by atoms with Crippen LogP contribution in [0.25, 0.3) is 22.2 Å². The molecule has 3 aromatic rings. The van der Waals surface area contributed by atoms with Gasteiger partial charge in [0.05, 0.1) is 11.9 Å². The normalized spacial score (nSPS) is 13.3. The van der Waals surface area contributed by atoms with Crippen LogP contribution < -0.4 is 17.1 Å².